The lowest BCUT2D eigenvalue weighted by molar-refractivity contribution is 0.811. The highest BCUT2D eigenvalue weighted by Gasteiger charge is 2.16. The van der Waals surface area contributed by atoms with Crippen molar-refractivity contribution in [2.75, 3.05) is 0 Å². The van der Waals surface area contributed by atoms with E-state index in [9.17, 15) is 0 Å². The molecule has 3 heteroatoms. The minimum absolute atomic E-state index is 0.357. The average Bonchev–Trinajstić information content (AvgIpc) is 3.11. The molecule has 0 amide bonds. The van der Waals surface area contributed by atoms with Gasteiger partial charge in [-0.2, -0.15) is 5.10 Å². The fourth-order valence-corrected chi connectivity index (χ4v) is 3.62. The van der Waals surface area contributed by atoms with Crippen LogP contribution in [0.4, 0.5) is 0 Å². The number of aromatic amines is 1. The normalized spacial score (nSPS) is 16.7. The van der Waals surface area contributed by atoms with E-state index >= 15 is 0 Å². The molecule has 1 unspecified atom stereocenters. The minimum Gasteiger partial charge on any atom is -0.281 e. The molecule has 0 fully saturated rings. The van der Waals surface area contributed by atoms with Crippen LogP contribution in [0.1, 0.15) is 18.0 Å². The predicted molar refractivity (Wildman–Crippen MR) is 102 cm³/mol. The van der Waals surface area contributed by atoms with Gasteiger partial charge in [0.2, 0.25) is 0 Å². The lowest BCUT2D eigenvalue weighted by atomic mass is 9.93. The van der Waals surface area contributed by atoms with Crippen LogP contribution in [0.25, 0.3) is 32.8 Å². The Balaban J connectivity index is 1.69. The number of hydrogen-bond donors (Lipinski definition) is 1. The van der Waals surface area contributed by atoms with Crippen molar-refractivity contribution in [1.29, 1.82) is 0 Å². The highest BCUT2D eigenvalue weighted by Crippen LogP contribution is 2.33. The van der Waals surface area contributed by atoms with Crippen molar-refractivity contribution in [2.45, 2.75) is 12.3 Å². The smallest absolute Gasteiger partial charge is 0.0924 e. The number of nitrogens with one attached hydrogen (secondary N) is 1. The number of aromatic nitrogens is 3. The summed E-state index contributed by atoms with van der Waals surface area (Å²) in [6.07, 6.45) is 13.5. The lowest BCUT2D eigenvalue weighted by Gasteiger charge is -2.12. The molecular formula is C22H17N3. The molecule has 0 bridgehead atoms. The van der Waals surface area contributed by atoms with Gasteiger partial charge in [-0.05, 0) is 29.5 Å². The molecule has 1 aliphatic carbocycles. The van der Waals surface area contributed by atoms with Gasteiger partial charge in [-0.25, -0.2) is 0 Å². The van der Waals surface area contributed by atoms with Gasteiger partial charge in [0.15, 0.2) is 0 Å². The molecule has 4 aromatic rings. The minimum atomic E-state index is 0.357. The van der Waals surface area contributed by atoms with Gasteiger partial charge in [-0.15, -0.1) is 0 Å². The van der Waals surface area contributed by atoms with Crippen molar-refractivity contribution in [3.63, 3.8) is 0 Å². The monoisotopic (exact) mass is 323 g/mol. The predicted octanol–water partition coefficient (Wildman–Crippen LogP) is 5.38. The maximum atomic E-state index is 4.49. The van der Waals surface area contributed by atoms with Crippen LogP contribution < -0.4 is 0 Å². The van der Waals surface area contributed by atoms with Crippen molar-refractivity contribution in [3.05, 3.63) is 84.9 Å². The lowest BCUT2D eigenvalue weighted by Crippen LogP contribution is -1.97. The van der Waals surface area contributed by atoms with Crippen LogP contribution in [0.5, 0.6) is 0 Å². The van der Waals surface area contributed by atoms with E-state index in [1.807, 2.05) is 18.5 Å². The van der Waals surface area contributed by atoms with Gasteiger partial charge in [-0.3, -0.25) is 10.1 Å². The van der Waals surface area contributed by atoms with Crippen LogP contribution in [0.15, 0.2) is 79.2 Å². The molecule has 0 radical (unpaired) electrons. The highest BCUT2D eigenvalue weighted by atomic mass is 15.1. The van der Waals surface area contributed by atoms with Crippen LogP contribution in [0.2, 0.25) is 0 Å². The Morgan fingerprint density at radius 1 is 0.960 bits per heavy atom. The molecule has 0 saturated heterocycles. The van der Waals surface area contributed by atoms with E-state index in [4.69, 9.17) is 0 Å². The zero-order valence-corrected chi connectivity index (χ0v) is 13.7. The summed E-state index contributed by atoms with van der Waals surface area (Å²) in [6.45, 7) is 0. The molecule has 5 rings (SSSR count). The molecule has 2 aromatic heterocycles. The molecule has 3 nitrogen and oxygen atoms in total. The first-order valence-corrected chi connectivity index (χ1v) is 8.54. The van der Waals surface area contributed by atoms with Crippen molar-refractivity contribution in [2.24, 2.45) is 0 Å². The Hall–Kier alpha value is -3.20. The molecule has 0 aliphatic heterocycles. The number of H-pyrrole nitrogens is 1. The van der Waals surface area contributed by atoms with Gasteiger partial charge < -0.3 is 0 Å². The third-order valence-corrected chi connectivity index (χ3v) is 4.91. The maximum Gasteiger partial charge on any atom is 0.0924 e. The maximum absolute atomic E-state index is 4.49. The van der Waals surface area contributed by atoms with E-state index in [0.29, 0.717) is 5.92 Å². The van der Waals surface area contributed by atoms with Gasteiger partial charge in [-0.1, -0.05) is 54.6 Å². The second-order valence-electron chi connectivity index (χ2n) is 6.43. The third kappa shape index (κ3) is 2.36. The van der Waals surface area contributed by atoms with E-state index in [0.717, 1.165) is 22.9 Å². The first-order valence-electron chi connectivity index (χ1n) is 8.54. The zero-order chi connectivity index (χ0) is 16.6. The van der Waals surface area contributed by atoms with E-state index in [2.05, 4.69) is 75.9 Å². The standard InChI is InChI=1S/C22H17N3/c1-2-6-15(7-3-1)22-19-12-16(10-11-21(19)24-25-22)20-14-23-13-17-8-4-5-9-18(17)20/h1-6,8-15H,7H2,(H,24,25). The first kappa shape index (κ1) is 14.2. The third-order valence-electron chi connectivity index (χ3n) is 4.91. The van der Waals surface area contributed by atoms with Crippen molar-refractivity contribution >= 4 is 21.7 Å². The van der Waals surface area contributed by atoms with Crippen LogP contribution in [0.3, 0.4) is 0 Å². The van der Waals surface area contributed by atoms with Crippen LogP contribution in [0, 0.1) is 0 Å². The SMILES string of the molecule is C1=CCC(c2[nH]nc3ccc(-c4cncc5ccccc45)cc23)C=C1. The summed E-state index contributed by atoms with van der Waals surface area (Å²) in [5.74, 6) is 0.357. The van der Waals surface area contributed by atoms with Gasteiger partial charge in [0.25, 0.3) is 0 Å². The van der Waals surface area contributed by atoms with Crippen LogP contribution in [-0.2, 0) is 0 Å². The van der Waals surface area contributed by atoms with E-state index in [1.54, 1.807) is 0 Å². The van der Waals surface area contributed by atoms with E-state index in [-0.39, 0.29) is 0 Å². The van der Waals surface area contributed by atoms with Crippen molar-refractivity contribution < 1.29 is 0 Å². The fourth-order valence-electron chi connectivity index (χ4n) is 3.62. The van der Waals surface area contributed by atoms with Crippen molar-refractivity contribution in [1.82, 2.24) is 15.2 Å². The van der Waals surface area contributed by atoms with Crippen molar-refractivity contribution in [3.8, 4) is 11.1 Å². The molecule has 120 valence electrons. The molecule has 2 heterocycles. The highest BCUT2D eigenvalue weighted by molar-refractivity contribution is 5.98. The second-order valence-corrected chi connectivity index (χ2v) is 6.43. The Morgan fingerprint density at radius 2 is 1.92 bits per heavy atom. The number of pyridine rings is 1. The molecule has 0 spiro atoms. The van der Waals surface area contributed by atoms with Gasteiger partial charge >= 0.3 is 0 Å². The zero-order valence-electron chi connectivity index (χ0n) is 13.7. The van der Waals surface area contributed by atoms with Crippen LogP contribution >= 0.6 is 0 Å². The summed E-state index contributed by atoms with van der Waals surface area (Å²) >= 11 is 0. The van der Waals surface area contributed by atoms with Gasteiger partial charge in [0.05, 0.1) is 11.2 Å². The summed E-state index contributed by atoms with van der Waals surface area (Å²) < 4.78 is 0. The largest absolute Gasteiger partial charge is 0.281 e. The first-order chi connectivity index (χ1) is 12.4. The van der Waals surface area contributed by atoms with Gasteiger partial charge in [0.1, 0.15) is 0 Å². The summed E-state index contributed by atoms with van der Waals surface area (Å²) in [7, 11) is 0. The van der Waals surface area contributed by atoms with Gasteiger partial charge in [0, 0.05) is 34.6 Å². The summed E-state index contributed by atoms with van der Waals surface area (Å²) in [5.41, 5.74) is 4.53. The Bertz CT molecular complexity index is 1130. The Morgan fingerprint density at radius 3 is 2.84 bits per heavy atom. The average molecular weight is 323 g/mol. The molecule has 0 saturated carbocycles. The van der Waals surface area contributed by atoms with E-state index in [1.165, 1.54) is 22.0 Å². The molecule has 25 heavy (non-hydrogen) atoms. The number of allylic oxidation sites excluding steroid dienone is 4. The fraction of sp³-hybridized carbons (Fsp3) is 0.0909. The molecule has 1 N–H and O–H groups in total. The van der Waals surface area contributed by atoms with E-state index < -0.39 is 0 Å². The van der Waals surface area contributed by atoms with Crippen LogP contribution in [-0.4, -0.2) is 15.2 Å². The molecule has 2 aromatic carbocycles. The number of fused-ring (bicyclic) bond motifs is 2. The quantitative estimate of drug-likeness (QED) is 0.538. The molecular weight excluding hydrogens is 306 g/mol. The number of rotatable bonds is 2. The second kappa shape index (κ2) is 5.71. The number of benzene rings is 2. The molecule has 1 aliphatic rings. The Kier molecular flexibility index (Phi) is 3.23. The number of hydrogen-bond acceptors (Lipinski definition) is 2. The number of nitrogens with zero attached hydrogens (tertiary/aromatic N) is 2. The Labute approximate surface area is 145 Å². The summed E-state index contributed by atoms with van der Waals surface area (Å²) in [5, 5.41) is 11.3. The summed E-state index contributed by atoms with van der Waals surface area (Å²) in [4.78, 5) is 4.43. The summed E-state index contributed by atoms with van der Waals surface area (Å²) in [6, 6.07) is 14.8. The topological polar surface area (TPSA) is 41.6 Å². The molecule has 1 atom stereocenters.